The molecule has 1 N–H and O–H groups in total. The number of ether oxygens (including phenoxy) is 1. The van der Waals surface area contributed by atoms with Crippen LogP contribution in [0.4, 0.5) is 4.79 Å². The maximum Gasteiger partial charge on any atom is 0.325 e. The molecule has 0 saturated carbocycles. The van der Waals surface area contributed by atoms with Crippen LogP contribution in [0.15, 0.2) is 29.2 Å². The van der Waals surface area contributed by atoms with Crippen LogP contribution >= 0.6 is 11.8 Å². The van der Waals surface area contributed by atoms with Gasteiger partial charge < -0.3 is 15.0 Å². The summed E-state index contributed by atoms with van der Waals surface area (Å²) in [6.45, 7) is 2.80. The molecule has 1 aliphatic rings. The lowest BCUT2D eigenvalue weighted by Crippen LogP contribution is -2.48. The molecule has 2 rings (SSSR count). The van der Waals surface area contributed by atoms with Crippen LogP contribution in [0.25, 0.3) is 0 Å². The number of nitrogens with one attached hydrogen (secondary N) is 1. The molecular weight excluding hydrogens is 340 g/mol. The van der Waals surface area contributed by atoms with Gasteiger partial charge in [0.2, 0.25) is 0 Å². The lowest BCUT2D eigenvalue weighted by Gasteiger charge is -2.32. The number of urea groups is 1. The normalized spacial score (nSPS) is 17.0. The number of carbonyl (C=O) groups is 3. The number of hydrogen-bond donors (Lipinski definition) is 1. The molecule has 6 nitrogen and oxygen atoms in total. The molecule has 1 saturated heterocycles. The average Bonchev–Trinajstić information content (AvgIpc) is 2.65. The number of nitrogens with zero attached hydrogens (tertiary/aromatic N) is 1. The van der Waals surface area contributed by atoms with E-state index in [1.807, 2.05) is 30.5 Å². The molecule has 0 aliphatic carbocycles. The molecule has 1 aromatic rings. The third-order valence-corrected chi connectivity index (χ3v) is 4.94. The van der Waals surface area contributed by atoms with Crippen molar-refractivity contribution in [1.82, 2.24) is 10.2 Å². The van der Waals surface area contributed by atoms with Crippen molar-refractivity contribution < 1.29 is 19.1 Å². The number of likely N-dealkylation sites (tertiary alicyclic amines) is 1. The minimum atomic E-state index is -0.464. The largest absolute Gasteiger partial charge is 0.465 e. The maximum absolute atomic E-state index is 12.9. The number of hydrogen-bond acceptors (Lipinski definition) is 5. The molecule has 1 heterocycles. The number of esters is 1. The van der Waals surface area contributed by atoms with Gasteiger partial charge >= 0.3 is 12.0 Å². The van der Waals surface area contributed by atoms with E-state index in [1.54, 1.807) is 23.6 Å². The second-order valence-electron chi connectivity index (χ2n) is 5.81. The Hall–Kier alpha value is -2.02. The minimum absolute atomic E-state index is 0.0767. The predicted molar refractivity (Wildman–Crippen MR) is 96.9 cm³/mol. The molecule has 0 spiro atoms. The van der Waals surface area contributed by atoms with Gasteiger partial charge in [-0.05, 0) is 32.1 Å². The summed E-state index contributed by atoms with van der Waals surface area (Å²) in [6, 6.07) is 7.22. The minimum Gasteiger partial charge on any atom is -0.465 e. The summed E-state index contributed by atoms with van der Waals surface area (Å²) in [4.78, 5) is 39.0. The molecule has 136 valence electrons. The first-order valence-corrected chi connectivity index (χ1v) is 9.65. The van der Waals surface area contributed by atoms with Crippen LogP contribution in [0.2, 0.25) is 0 Å². The molecular formula is C18H24N2O4S. The fraction of sp³-hybridized carbons (Fsp3) is 0.500. The Bertz CT molecular complexity index is 635. The Morgan fingerprint density at radius 2 is 2.08 bits per heavy atom. The molecule has 0 bridgehead atoms. The van der Waals surface area contributed by atoms with Crippen LogP contribution in [0, 0.1) is 5.92 Å². The topological polar surface area (TPSA) is 75.7 Å². The maximum atomic E-state index is 12.9. The molecule has 25 heavy (non-hydrogen) atoms. The fourth-order valence-electron chi connectivity index (χ4n) is 2.92. The van der Waals surface area contributed by atoms with Gasteiger partial charge in [-0.15, -0.1) is 11.8 Å². The highest BCUT2D eigenvalue weighted by Gasteiger charge is 2.30. The van der Waals surface area contributed by atoms with Crippen LogP contribution in [0.5, 0.6) is 0 Å². The van der Waals surface area contributed by atoms with Gasteiger partial charge in [0, 0.05) is 29.5 Å². The Morgan fingerprint density at radius 1 is 1.32 bits per heavy atom. The van der Waals surface area contributed by atoms with Crippen molar-refractivity contribution in [2.24, 2.45) is 5.92 Å². The number of Topliss-reactive ketones (excluding diaryl/α,β-unsaturated/α-hetero) is 1. The van der Waals surface area contributed by atoms with Crippen molar-refractivity contribution in [1.29, 1.82) is 0 Å². The van der Waals surface area contributed by atoms with Gasteiger partial charge in [-0.2, -0.15) is 0 Å². The monoisotopic (exact) mass is 364 g/mol. The van der Waals surface area contributed by atoms with Gasteiger partial charge in [-0.1, -0.05) is 18.2 Å². The summed E-state index contributed by atoms with van der Waals surface area (Å²) in [5.41, 5.74) is 0.716. The molecule has 1 atom stereocenters. The number of piperidine rings is 1. The molecule has 1 aliphatic heterocycles. The third-order valence-electron chi connectivity index (χ3n) is 4.14. The first-order valence-electron chi connectivity index (χ1n) is 8.42. The lowest BCUT2D eigenvalue weighted by atomic mass is 9.90. The number of rotatable bonds is 6. The van der Waals surface area contributed by atoms with E-state index < -0.39 is 5.97 Å². The zero-order valence-electron chi connectivity index (χ0n) is 14.6. The number of thioether (sulfide) groups is 1. The van der Waals surface area contributed by atoms with Gasteiger partial charge in [0.1, 0.15) is 6.54 Å². The zero-order valence-corrected chi connectivity index (χ0v) is 15.4. The van der Waals surface area contributed by atoms with Crippen molar-refractivity contribution in [2.45, 2.75) is 24.7 Å². The third kappa shape index (κ3) is 5.22. The first-order chi connectivity index (χ1) is 12.1. The SMILES string of the molecule is CCOC(=O)CNC(=O)N1CCC[C@H](C(=O)c2ccccc2SC)C1. The van der Waals surface area contributed by atoms with E-state index in [4.69, 9.17) is 4.74 Å². The van der Waals surface area contributed by atoms with Gasteiger partial charge in [0.25, 0.3) is 0 Å². The number of carbonyl (C=O) groups excluding carboxylic acids is 3. The second kappa shape index (κ2) is 9.46. The predicted octanol–water partition coefficient (Wildman–Crippen LogP) is 2.58. The molecule has 0 unspecified atom stereocenters. The van der Waals surface area contributed by atoms with Gasteiger partial charge in [-0.25, -0.2) is 4.79 Å². The standard InChI is InChI=1S/C18H24N2O4S/c1-3-24-16(21)11-19-18(23)20-10-6-7-13(12-20)17(22)14-8-4-5-9-15(14)25-2/h4-5,8-9,13H,3,6-7,10-12H2,1-2H3,(H,19,23)/t13-/m0/s1. The summed E-state index contributed by atoms with van der Waals surface area (Å²) in [5, 5.41) is 2.56. The summed E-state index contributed by atoms with van der Waals surface area (Å²) in [7, 11) is 0. The van der Waals surface area contributed by atoms with Crippen molar-refractivity contribution >= 4 is 29.5 Å². The number of benzene rings is 1. The summed E-state index contributed by atoms with van der Waals surface area (Å²) < 4.78 is 4.79. The highest BCUT2D eigenvalue weighted by atomic mass is 32.2. The van der Waals surface area contributed by atoms with E-state index in [9.17, 15) is 14.4 Å². The van der Waals surface area contributed by atoms with E-state index in [0.29, 0.717) is 18.7 Å². The quantitative estimate of drug-likeness (QED) is 0.477. The smallest absolute Gasteiger partial charge is 0.325 e. The van der Waals surface area contributed by atoms with Gasteiger partial charge in [0.15, 0.2) is 5.78 Å². The highest BCUT2D eigenvalue weighted by molar-refractivity contribution is 7.98. The summed E-state index contributed by atoms with van der Waals surface area (Å²) in [5.74, 6) is -0.599. The molecule has 0 aromatic heterocycles. The molecule has 1 aromatic carbocycles. The van der Waals surface area contributed by atoms with E-state index in [0.717, 1.165) is 17.7 Å². The number of amides is 2. The fourth-order valence-corrected chi connectivity index (χ4v) is 3.52. The van der Waals surface area contributed by atoms with E-state index in [2.05, 4.69) is 5.32 Å². The van der Waals surface area contributed by atoms with Crippen LogP contribution in [0.3, 0.4) is 0 Å². The van der Waals surface area contributed by atoms with Crippen molar-refractivity contribution in [3.8, 4) is 0 Å². The zero-order chi connectivity index (χ0) is 18.2. The molecule has 0 radical (unpaired) electrons. The van der Waals surface area contributed by atoms with Crippen LogP contribution < -0.4 is 5.32 Å². The van der Waals surface area contributed by atoms with Crippen LogP contribution in [0.1, 0.15) is 30.1 Å². The summed E-state index contributed by atoms with van der Waals surface area (Å²) >= 11 is 1.55. The van der Waals surface area contributed by atoms with Crippen LogP contribution in [-0.4, -0.2) is 55.2 Å². The first kappa shape index (κ1) is 19.3. The Morgan fingerprint density at radius 3 is 2.80 bits per heavy atom. The van der Waals surface area contributed by atoms with Crippen molar-refractivity contribution in [2.75, 3.05) is 32.5 Å². The Labute approximate surface area is 152 Å². The summed E-state index contributed by atoms with van der Waals surface area (Å²) in [6.07, 6.45) is 3.48. The van der Waals surface area contributed by atoms with E-state index in [1.165, 1.54) is 0 Å². The van der Waals surface area contributed by atoms with Gasteiger partial charge in [-0.3, -0.25) is 9.59 Å². The second-order valence-corrected chi connectivity index (χ2v) is 6.66. The van der Waals surface area contributed by atoms with Gasteiger partial charge in [0.05, 0.1) is 6.61 Å². The van der Waals surface area contributed by atoms with E-state index >= 15 is 0 Å². The average molecular weight is 364 g/mol. The van der Waals surface area contributed by atoms with Crippen molar-refractivity contribution in [3.05, 3.63) is 29.8 Å². The van der Waals surface area contributed by atoms with Crippen molar-refractivity contribution in [3.63, 3.8) is 0 Å². The molecule has 1 fully saturated rings. The highest BCUT2D eigenvalue weighted by Crippen LogP contribution is 2.26. The molecule has 7 heteroatoms. The number of ketones is 1. The lowest BCUT2D eigenvalue weighted by molar-refractivity contribution is -0.141. The Kier molecular flexibility index (Phi) is 7.31. The molecule has 2 amide bonds. The van der Waals surface area contributed by atoms with E-state index in [-0.39, 0.29) is 30.9 Å². The van der Waals surface area contributed by atoms with Crippen LogP contribution in [-0.2, 0) is 9.53 Å². The Balaban J connectivity index is 1.97.